The van der Waals surface area contributed by atoms with Crippen LogP contribution in [0, 0.1) is 0 Å². The number of aromatic hydroxyl groups is 1. The molecule has 0 unspecified atom stereocenters. The van der Waals surface area contributed by atoms with E-state index >= 15 is 0 Å². The Bertz CT molecular complexity index is 912. The molecule has 1 aliphatic heterocycles. The molecule has 8 heteroatoms. The Labute approximate surface area is 157 Å². The van der Waals surface area contributed by atoms with Gasteiger partial charge in [0.15, 0.2) is 11.5 Å². The number of hydrogen-bond donors (Lipinski definition) is 2. The number of ether oxygens (including phenoxy) is 1. The average molecular weight is 366 g/mol. The molecule has 2 aromatic heterocycles. The Morgan fingerprint density at radius 3 is 2.93 bits per heavy atom. The zero-order valence-electron chi connectivity index (χ0n) is 15.2. The molecule has 3 aromatic rings. The molecule has 27 heavy (non-hydrogen) atoms. The van der Waals surface area contributed by atoms with Crippen LogP contribution in [0.5, 0.6) is 11.5 Å². The predicted octanol–water partition coefficient (Wildman–Crippen LogP) is 2.02. The minimum atomic E-state index is 0.175. The molecule has 0 radical (unpaired) electrons. The molecule has 0 spiro atoms. The molecule has 0 bridgehead atoms. The van der Waals surface area contributed by atoms with E-state index in [1.807, 2.05) is 6.07 Å². The number of fused-ring (bicyclic) bond motifs is 1. The first-order chi connectivity index (χ1) is 13.2. The molecule has 0 atom stereocenters. The number of anilines is 1. The predicted molar refractivity (Wildman–Crippen MR) is 100 cm³/mol. The number of rotatable bonds is 6. The number of nitrogens with zero attached hydrogens (tertiary/aromatic N) is 5. The van der Waals surface area contributed by atoms with Crippen molar-refractivity contribution in [2.45, 2.75) is 26.2 Å². The van der Waals surface area contributed by atoms with Crippen LogP contribution >= 0.6 is 0 Å². The number of phenolic OH excluding ortho intramolecular Hbond substituents is 1. The van der Waals surface area contributed by atoms with Gasteiger partial charge in [0.1, 0.15) is 5.82 Å². The van der Waals surface area contributed by atoms with Crippen molar-refractivity contribution in [1.82, 2.24) is 24.6 Å². The zero-order chi connectivity index (χ0) is 18.6. The van der Waals surface area contributed by atoms with Crippen LogP contribution < -0.4 is 10.1 Å². The minimum absolute atomic E-state index is 0.175. The molecule has 0 aliphatic carbocycles. The van der Waals surface area contributed by atoms with Gasteiger partial charge in [0, 0.05) is 32.0 Å². The summed E-state index contributed by atoms with van der Waals surface area (Å²) < 4.78 is 7.17. The van der Waals surface area contributed by atoms with Crippen molar-refractivity contribution in [2.24, 2.45) is 0 Å². The van der Waals surface area contributed by atoms with Gasteiger partial charge in [0.05, 0.1) is 37.8 Å². The third-order valence-corrected chi connectivity index (χ3v) is 4.59. The molecular formula is C19H22N6O2. The molecule has 4 rings (SSSR count). The molecule has 1 aromatic carbocycles. The van der Waals surface area contributed by atoms with Gasteiger partial charge in [-0.3, -0.25) is 14.6 Å². The molecule has 0 saturated carbocycles. The first-order valence-corrected chi connectivity index (χ1v) is 8.85. The van der Waals surface area contributed by atoms with Gasteiger partial charge in [-0.15, -0.1) is 0 Å². The second kappa shape index (κ2) is 7.63. The summed E-state index contributed by atoms with van der Waals surface area (Å²) in [5, 5.41) is 17.9. The lowest BCUT2D eigenvalue weighted by atomic mass is 10.1. The Hall–Kier alpha value is -3.13. The lowest BCUT2D eigenvalue weighted by Crippen LogP contribution is -2.33. The van der Waals surface area contributed by atoms with E-state index in [0.29, 0.717) is 12.3 Å². The topological polar surface area (TPSA) is 88.3 Å². The monoisotopic (exact) mass is 366 g/mol. The van der Waals surface area contributed by atoms with Gasteiger partial charge in [0.2, 0.25) is 0 Å². The van der Waals surface area contributed by atoms with Crippen molar-refractivity contribution < 1.29 is 9.84 Å². The van der Waals surface area contributed by atoms with Crippen LogP contribution in [-0.2, 0) is 26.2 Å². The fourth-order valence-corrected chi connectivity index (χ4v) is 3.27. The van der Waals surface area contributed by atoms with Crippen molar-refractivity contribution in [3.63, 3.8) is 0 Å². The Kier molecular flexibility index (Phi) is 4.88. The van der Waals surface area contributed by atoms with E-state index in [1.165, 1.54) is 5.69 Å². The largest absolute Gasteiger partial charge is 0.504 e. The van der Waals surface area contributed by atoms with Crippen LogP contribution in [0.1, 0.15) is 17.0 Å². The molecular weight excluding hydrogens is 344 g/mol. The van der Waals surface area contributed by atoms with Crippen molar-refractivity contribution in [3.8, 4) is 11.5 Å². The first kappa shape index (κ1) is 17.3. The highest BCUT2D eigenvalue weighted by atomic mass is 16.5. The number of benzene rings is 1. The fourth-order valence-electron chi connectivity index (χ4n) is 3.27. The lowest BCUT2D eigenvalue weighted by molar-refractivity contribution is 0.205. The summed E-state index contributed by atoms with van der Waals surface area (Å²) in [5.74, 6) is 1.41. The molecule has 140 valence electrons. The van der Waals surface area contributed by atoms with Crippen LogP contribution in [0.2, 0.25) is 0 Å². The summed E-state index contributed by atoms with van der Waals surface area (Å²) in [6.45, 7) is 3.98. The molecule has 0 amide bonds. The molecule has 8 nitrogen and oxygen atoms in total. The summed E-state index contributed by atoms with van der Waals surface area (Å²) in [6.07, 6.45) is 5.01. The summed E-state index contributed by atoms with van der Waals surface area (Å²) in [5.41, 5.74) is 3.24. The van der Waals surface area contributed by atoms with Crippen molar-refractivity contribution >= 4 is 5.82 Å². The molecule has 1 aliphatic rings. The van der Waals surface area contributed by atoms with Gasteiger partial charge in [0.25, 0.3) is 0 Å². The van der Waals surface area contributed by atoms with E-state index in [-0.39, 0.29) is 5.75 Å². The smallest absolute Gasteiger partial charge is 0.160 e. The first-order valence-electron chi connectivity index (χ1n) is 8.85. The molecule has 0 saturated heterocycles. The highest BCUT2D eigenvalue weighted by Gasteiger charge is 2.19. The van der Waals surface area contributed by atoms with Crippen LogP contribution in [-0.4, -0.2) is 43.4 Å². The number of hydrogen-bond acceptors (Lipinski definition) is 7. The number of phenols is 1. The van der Waals surface area contributed by atoms with E-state index in [9.17, 15) is 5.11 Å². The Balaban J connectivity index is 1.38. The highest BCUT2D eigenvalue weighted by molar-refractivity contribution is 5.41. The van der Waals surface area contributed by atoms with Gasteiger partial charge in [-0.2, -0.15) is 5.10 Å². The van der Waals surface area contributed by atoms with Crippen molar-refractivity contribution in [3.05, 3.63) is 59.8 Å². The third kappa shape index (κ3) is 4.01. The number of aromatic nitrogens is 4. The van der Waals surface area contributed by atoms with Gasteiger partial charge < -0.3 is 15.2 Å². The molecule has 3 heterocycles. The maximum absolute atomic E-state index is 9.96. The summed E-state index contributed by atoms with van der Waals surface area (Å²) >= 11 is 0. The van der Waals surface area contributed by atoms with E-state index < -0.39 is 0 Å². The Morgan fingerprint density at radius 1 is 1.22 bits per heavy atom. The summed E-state index contributed by atoms with van der Waals surface area (Å²) in [4.78, 5) is 10.6. The number of methoxy groups -OCH3 is 1. The third-order valence-electron chi connectivity index (χ3n) is 4.59. The molecule has 0 fully saturated rings. The average Bonchev–Trinajstić information content (AvgIpc) is 3.10. The maximum Gasteiger partial charge on any atom is 0.160 e. The van der Waals surface area contributed by atoms with E-state index in [4.69, 9.17) is 4.74 Å². The summed E-state index contributed by atoms with van der Waals surface area (Å²) in [6, 6.07) is 7.68. The quantitative estimate of drug-likeness (QED) is 0.690. The Morgan fingerprint density at radius 2 is 2.15 bits per heavy atom. The zero-order valence-corrected chi connectivity index (χ0v) is 15.2. The SMILES string of the molecule is COc1ccc(CN2CCn3nc(CNc4cnccn4)cc3C2)cc1O. The van der Waals surface area contributed by atoms with Crippen LogP contribution in [0.25, 0.3) is 0 Å². The van der Waals surface area contributed by atoms with Gasteiger partial charge >= 0.3 is 0 Å². The highest BCUT2D eigenvalue weighted by Crippen LogP contribution is 2.27. The standard InChI is InChI=1S/C19H22N6O2/c1-27-18-3-2-14(8-17(18)26)12-24-6-7-25-16(13-24)9-15(23-25)10-22-19-11-20-4-5-21-19/h2-5,8-9,11,26H,6-7,10,12-13H2,1H3,(H,21,22). The number of nitrogens with one attached hydrogen (secondary N) is 1. The van der Waals surface area contributed by atoms with E-state index in [1.54, 1.807) is 37.8 Å². The van der Waals surface area contributed by atoms with Crippen LogP contribution in [0.3, 0.4) is 0 Å². The van der Waals surface area contributed by atoms with Gasteiger partial charge in [-0.25, -0.2) is 4.98 Å². The van der Waals surface area contributed by atoms with E-state index in [2.05, 4.69) is 36.0 Å². The van der Waals surface area contributed by atoms with Crippen LogP contribution in [0.4, 0.5) is 5.82 Å². The van der Waals surface area contributed by atoms with E-state index in [0.717, 1.165) is 43.3 Å². The van der Waals surface area contributed by atoms with Crippen molar-refractivity contribution in [2.75, 3.05) is 19.0 Å². The van der Waals surface area contributed by atoms with Gasteiger partial charge in [-0.05, 0) is 23.8 Å². The second-order valence-electron chi connectivity index (χ2n) is 6.51. The fraction of sp³-hybridized carbons (Fsp3) is 0.316. The minimum Gasteiger partial charge on any atom is -0.504 e. The maximum atomic E-state index is 9.96. The summed E-state index contributed by atoms with van der Waals surface area (Å²) in [7, 11) is 1.55. The van der Waals surface area contributed by atoms with Crippen molar-refractivity contribution in [1.29, 1.82) is 0 Å². The van der Waals surface area contributed by atoms with Gasteiger partial charge in [-0.1, -0.05) is 6.07 Å². The van der Waals surface area contributed by atoms with Crippen LogP contribution in [0.15, 0.2) is 42.9 Å². The lowest BCUT2D eigenvalue weighted by Gasteiger charge is -2.27. The second-order valence-corrected chi connectivity index (χ2v) is 6.51. The molecule has 2 N–H and O–H groups in total. The normalized spacial score (nSPS) is 14.0.